The van der Waals surface area contributed by atoms with E-state index >= 15 is 0 Å². The predicted molar refractivity (Wildman–Crippen MR) is 90.8 cm³/mol. The van der Waals surface area contributed by atoms with Crippen molar-refractivity contribution in [1.29, 1.82) is 0 Å². The van der Waals surface area contributed by atoms with E-state index in [4.69, 9.17) is 4.74 Å². The number of carbonyl (C=O) groups excluding carboxylic acids is 1. The van der Waals surface area contributed by atoms with Crippen LogP contribution in [0.1, 0.15) is 36.6 Å². The molecule has 2 fully saturated rings. The molecule has 1 aromatic heterocycles. The van der Waals surface area contributed by atoms with E-state index < -0.39 is 0 Å². The Kier molecular flexibility index (Phi) is 5.50. The van der Waals surface area contributed by atoms with Crippen LogP contribution < -0.4 is 5.32 Å². The lowest BCUT2D eigenvalue weighted by molar-refractivity contribution is -0.0162. The number of likely N-dealkylation sites (tertiary alicyclic amines) is 1. The Morgan fingerprint density at radius 1 is 1.48 bits per heavy atom. The summed E-state index contributed by atoms with van der Waals surface area (Å²) in [4.78, 5) is 21.3. The van der Waals surface area contributed by atoms with Crippen molar-refractivity contribution >= 4 is 17.4 Å². The molecule has 0 radical (unpaired) electrons. The summed E-state index contributed by atoms with van der Waals surface area (Å²) in [6.45, 7) is 9.12. The van der Waals surface area contributed by atoms with Crippen LogP contribution in [0.15, 0.2) is 5.38 Å². The summed E-state index contributed by atoms with van der Waals surface area (Å²) in [6.07, 6.45) is 2.14. The highest BCUT2D eigenvalue weighted by molar-refractivity contribution is 7.09. The van der Waals surface area contributed by atoms with Gasteiger partial charge in [-0.2, -0.15) is 0 Å². The highest BCUT2D eigenvalue weighted by atomic mass is 32.1. The van der Waals surface area contributed by atoms with E-state index in [0.717, 1.165) is 43.2 Å². The summed E-state index contributed by atoms with van der Waals surface area (Å²) in [6, 6.07) is 0.300. The third-order valence-corrected chi connectivity index (χ3v) is 5.60. The zero-order chi connectivity index (χ0) is 16.2. The first kappa shape index (κ1) is 16.7. The van der Waals surface area contributed by atoms with Crippen molar-refractivity contribution < 1.29 is 9.53 Å². The number of likely N-dealkylation sites (N-methyl/N-ethyl adjacent to an activating group) is 1. The molecule has 23 heavy (non-hydrogen) atoms. The number of thiazole rings is 1. The van der Waals surface area contributed by atoms with Gasteiger partial charge in [0.05, 0.1) is 13.2 Å². The van der Waals surface area contributed by atoms with E-state index in [1.54, 1.807) is 11.3 Å². The SMILES string of the molecule is CCN1CCC[C@@H](NC(=O)N2CCO[C@H](c3nc(C)cs3)C2)C1. The van der Waals surface area contributed by atoms with Gasteiger partial charge < -0.3 is 19.9 Å². The number of aromatic nitrogens is 1. The number of amides is 2. The van der Waals surface area contributed by atoms with Gasteiger partial charge in [-0.25, -0.2) is 9.78 Å². The normalized spacial score (nSPS) is 26.3. The largest absolute Gasteiger partial charge is 0.367 e. The van der Waals surface area contributed by atoms with Gasteiger partial charge in [0.25, 0.3) is 0 Å². The lowest BCUT2D eigenvalue weighted by Crippen LogP contribution is -2.53. The van der Waals surface area contributed by atoms with Crippen LogP contribution in [-0.2, 0) is 4.74 Å². The Labute approximate surface area is 141 Å². The van der Waals surface area contributed by atoms with E-state index in [1.165, 1.54) is 0 Å². The summed E-state index contributed by atoms with van der Waals surface area (Å²) in [5.41, 5.74) is 1.01. The summed E-state index contributed by atoms with van der Waals surface area (Å²) >= 11 is 1.61. The Hall–Kier alpha value is -1.18. The van der Waals surface area contributed by atoms with Crippen molar-refractivity contribution in [2.24, 2.45) is 0 Å². The third kappa shape index (κ3) is 4.22. The topological polar surface area (TPSA) is 57.7 Å². The maximum Gasteiger partial charge on any atom is 0.317 e. The molecule has 2 aliphatic heterocycles. The van der Waals surface area contributed by atoms with E-state index in [9.17, 15) is 4.79 Å². The zero-order valence-corrected chi connectivity index (χ0v) is 14.8. The van der Waals surface area contributed by atoms with Gasteiger partial charge in [-0.1, -0.05) is 6.92 Å². The molecule has 2 aliphatic rings. The number of hydrogen-bond donors (Lipinski definition) is 1. The predicted octanol–water partition coefficient (Wildman–Crippen LogP) is 2.02. The summed E-state index contributed by atoms with van der Waals surface area (Å²) < 4.78 is 5.80. The van der Waals surface area contributed by atoms with Gasteiger partial charge in [-0.15, -0.1) is 11.3 Å². The molecule has 2 amide bonds. The third-order valence-electron chi connectivity index (χ3n) is 4.55. The van der Waals surface area contributed by atoms with Crippen molar-refractivity contribution in [3.63, 3.8) is 0 Å². The minimum Gasteiger partial charge on any atom is -0.367 e. The van der Waals surface area contributed by atoms with Gasteiger partial charge in [-0.3, -0.25) is 0 Å². The highest BCUT2D eigenvalue weighted by Crippen LogP contribution is 2.25. The molecular weight excluding hydrogens is 312 g/mol. The number of nitrogens with one attached hydrogen (secondary N) is 1. The number of piperidine rings is 1. The van der Waals surface area contributed by atoms with Crippen LogP contribution in [0.25, 0.3) is 0 Å². The molecule has 1 N–H and O–H groups in total. The first-order chi connectivity index (χ1) is 11.2. The number of carbonyl (C=O) groups is 1. The van der Waals surface area contributed by atoms with Gasteiger partial charge >= 0.3 is 6.03 Å². The summed E-state index contributed by atoms with van der Waals surface area (Å²) in [5, 5.41) is 6.20. The average molecular weight is 338 g/mol. The van der Waals surface area contributed by atoms with Crippen molar-refractivity contribution in [1.82, 2.24) is 20.1 Å². The zero-order valence-electron chi connectivity index (χ0n) is 14.0. The van der Waals surface area contributed by atoms with Crippen LogP contribution in [0.5, 0.6) is 0 Å². The number of nitrogens with zero attached hydrogens (tertiary/aromatic N) is 3. The molecule has 3 rings (SSSR count). The molecule has 1 aromatic rings. The van der Waals surface area contributed by atoms with Crippen LogP contribution in [0.3, 0.4) is 0 Å². The van der Waals surface area contributed by atoms with Gasteiger partial charge in [0.1, 0.15) is 11.1 Å². The van der Waals surface area contributed by atoms with E-state index in [1.807, 2.05) is 17.2 Å². The molecule has 0 bridgehead atoms. The second-order valence-electron chi connectivity index (χ2n) is 6.31. The Balaban J connectivity index is 1.54. The minimum atomic E-state index is -0.0910. The van der Waals surface area contributed by atoms with Crippen LogP contribution in [0.2, 0.25) is 0 Å². The second-order valence-corrected chi connectivity index (χ2v) is 7.20. The van der Waals surface area contributed by atoms with Gasteiger partial charge in [0.15, 0.2) is 0 Å². The van der Waals surface area contributed by atoms with Crippen molar-refractivity contribution in [2.75, 3.05) is 39.3 Å². The van der Waals surface area contributed by atoms with E-state index in [2.05, 4.69) is 22.1 Å². The van der Waals surface area contributed by atoms with Crippen molar-refractivity contribution in [2.45, 2.75) is 38.8 Å². The molecule has 0 spiro atoms. The molecular formula is C16H26N4O2S. The molecule has 0 saturated carbocycles. The molecule has 0 aliphatic carbocycles. The molecule has 2 atom stereocenters. The lowest BCUT2D eigenvalue weighted by Gasteiger charge is -2.36. The molecule has 2 saturated heterocycles. The standard InChI is InChI=1S/C16H26N4O2S/c1-3-19-6-4-5-13(9-19)18-16(21)20-7-8-22-14(10-20)15-17-12(2)11-23-15/h11,13-14H,3-10H2,1-2H3,(H,18,21)/t13-,14+/m1/s1. The van der Waals surface area contributed by atoms with Gasteiger partial charge in [0, 0.05) is 30.2 Å². The number of hydrogen-bond acceptors (Lipinski definition) is 5. The molecule has 128 valence electrons. The molecule has 0 unspecified atom stereocenters. The number of aryl methyl sites for hydroxylation is 1. The molecule has 0 aromatic carbocycles. The molecule has 6 nitrogen and oxygen atoms in total. The number of morpholine rings is 1. The van der Waals surface area contributed by atoms with Crippen LogP contribution in [0, 0.1) is 6.92 Å². The number of urea groups is 1. The molecule has 3 heterocycles. The lowest BCUT2D eigenvalue weighted by atomic mass is 10.1. The Bertz CT molecular complexity index is 536. The average Bonchev–Trinajstić information content (AvgIpc) is 3.01. The maximum atomic E-state index is 12.6. The quantitative estimate of drug-likeness (QED) is 0.916. The fourth-order valence-electron chi connectivity index (χ4n) is 3.23. The monoisotopic (exact) mass is 338 g/mol. The number of rotatable bonds is 3. The fourth-order valence-corrected chi connectivity index (χ4v) is 4.06. The van der Waals surface area contributed by atoms with Crippen molar-refractivity contribution in [3.8, 4) is 0 Å². The fraction of sp³-hybridized carbons (Fsp3) is 0.750. The van der Waals surface area contributed by atoms with Gasteiger partial charge in [0.2, 0.25) is 0 Å². The highest BCUT2D eigenvalue weighted by Gasteiger charge is 2.29. The smallest absolute Gasteiger partial charge is 0.317 e. The second kappa shape index (κ2) is 7.59. The summed E-state index contributed by atoms with van der Waals surface area (Å²) in [7, 11) is 0. The minimum absolute atomic E-state index is 0.0366. The maximum absolute atomic E-state index is 12.6. The Morgan fingerprint density at radius 3 is 3.09 bits per heavy atom. The Morgan fingerprint density at radius 2 is 2.35 bits per heavy atom. The van der Waals surface area contributed by atoms with Crippen LogP contribution in [-0.4, -0.2) is 66.2 Å². The summed E-state index contributed by atoms with van der Waals surface area (Å²) in [5.74, 6) is 0. The number of ether oxygens (including phenoxy) is 1. The van der Waals surface area contributed by atoms with E-state index in [-0.39, 0.29) is 18.2 Å². The van der Waals surface area contributed by atoms with Crippen LogP contribution >= 0.6 is 11.3 Å². The van der Waals surface area contributed by atoms with Crippen LogP contribution in [0.4, 0.5) is 4.79 Å². The first-order valence-electron chi connectivity index (χ1n) is 8.47. The molecule has 7 heteroatoms. The van der Waals surface area contributed by atoms with Crippen molar-refractivity contribution in [3.05, 3.63) is 16.1 Å². The van der Waals surface area contributed by atoms with Gasteiger partial charge in [-0.05, 0) is 32.9 Å². The first-order valence-corrected chi connectivity index (χ1v) is 9.35. The van der Waals surface area contributed by atoms with E-state index in [0.29, 0.717) is 19.7 Å².